The monoisotopic (exact) mass is 263 g/mol. The van der Waals surface area contributed by atoms with Crippen LogP contribution in [0.2, 0.25) is 0 Å². The van der Waals surface area contributed by atoms with E-state index >= 15 is 0 Å². The highest BCUT2D eigenvalue weighted by Crippen LogP contribution is 2.20. The van der Waals surface area contributed by atoms with Gasteiger partial charge >= 0.3 is 0 Å². The van der Waals surface area contributed by atoms with Crippen molar-refractivity contribution in [2.75, 3.05) is 5.32 Å². The molecule has 0 saturated carbocycles. The molecule has 100 valence electrons. The molecule has 2 rings (SSSR count). The van der Waals surface area contributed by atoms with Gasteiger partial charge in [0.25, 0.3) is 5.91 Å². The zero-order valence-corrected chi connectivity index (χ0v) is 10.6. The number of aromatic nitrogens is 2. The van der Waals surface area contributed by atoms with Gasteiger partial charge in [0.05, 0.1) is 17.4 Å². The van der Waals surface area contributed by atoms with Gasteiger partial charge in [0.2, 0.25) is 0 Å². The average Bonchev–Trinajstić information content (AvgIpc) is 2.77. The Hall–Kier alpha value is -2.37. The maximum absolute atomic E-state index is 12.8. The number of carbonyl (C=O) groups excluding carboxylic acids is 1. The second-order valence-corrected chi connectivity index (χ2v) is 4.42. The normalized spacial score (nSPS) is 10.7. The van der Waals surface area contributed by atoms with Crippen LogP contribution >= 0.6 is 0 Å². The molecule has 5 nitrogen and oxygen atoms in total. The average molecular weight is 263 g/mol. The van der Waals surface area contributed by atoms with Crippen molar-refractivity contribution in [3.05, 3.63) is 42.0 Å². The minimum absolute atomic E-state index is 0.0127. The fraction of sp³-hybridized carbons (Fsp3) is 0.231. The van der Waals surface area contributed by atoms with E-state index in [1.54, 1.807) is 10.9 Å². The Morgan fingerprint density at radius 2 is 2.21 bits per heavy atom. The standard InChI is InChI=1S/C13H14FN3O2/c1-8(2)17-7-10(6-15-17)16-13(19)11-4-3-9(14)5-12(11)18/h3-8,18H,1-2H3,(H,16,19). The van der Waals surface area contributed by atoms with E-state index in [1.165, 1.54) is 12.3 Å². The Labute approximate surface area is 109 Å². The fourth-order valence-electron chi connectivity index (χ4n) is 1.58. The maximum Gasteiger partial charge on any atom is 0.259 e. The number of carbonyl (C=O) groups is 1. The largest absolute Gasteiger partial charge is 0.507 e. The molecule has 1 heterocycles. The summed E-state index contributed by atoms with van der Waals surface area (Å²) in [5.41, 5.74) is 0.529. The summed E-state index contributed by atoms with van der Waals surface area (Å²) in [4.78, 5) is 11.9. The maximum atomic E-state index is 12.8. The van der Waals surface area contributed by atoms with E-state index in [0.29, 0.717) is 5.69 Å². The third-order valence-corrected chi connectivity index (χ3v) is 2.59. The zero-order chi connectivity index (χ0) is 14.0. The molecule has 19 heavy (non-hydrogen) atoms. The molecule has 1 amide bonds. The number of hydrogen-bond acceptors (Lipinski definition) is 3. The predicted molar refractivity (Wildman–Crippen MR) is 68.6 cm³/mol. The van der Waals surface area contributed by atoms with Gasteiger partial charge in [0.15, 0.2) is 0 Å². The lowest BCUT2D eigenvalue weighted by Gasteiger charge is -2.05. The number of halogens is 1. The lowest BCUT2D eigenvalue weighted by atomic mass is 10.2. The van der Waals surface area contributed by atoms with Crippen LogP contribution < -0.4 is 5.32 Å². The molecular formula is C13H14FN3O2. The fourth-order valence-corrected chi connectivity index (χ4v) is 1.58. The van der Waals surface area contributed by atoms with Gasteiger partial charge in [-0.15, -0.1) is 0 Å². The van der Waals surface area contributed by atoms with Gasteiger partial charge in [-0.2, -0.15) is 5.10 Å². The number of phenolic OH excluding ortho intramolecular Hbond substituents is 1. The SMILES string of the molecule is CC(C)n1cc(NC(=O)c2ccc(F)cc2O)cn1. The summed E-state index contributed by atoms with van der Waals surface area (Å²) in [6, 6.07) is 3.43. The first kappa shape index (κ1) is 13.1. The minimum Gasteiger partial charge on any atom is -0.507 e. The smallest absolute Gasteiger partial charge is 0.259 e. The molecule has 0 bridgehead atoms. The molecule has 0 aliphatic carbocycles. The van der Waals surface area contributed by atoms with Crippen LogP contribution in [-0.2, 0) is 0 Å². The van der Waals surface area contributed by atoms with Crippen molar-refractivity contribution in [2.45, 2.75) is 19.9 Å². The van der Waals surface area contributed by atoms with Gasteiger partial charge in [-0.05, 0) is 26.0 Å². The van der Waals surface area contributed by atoms with Gasteiger partial charge in [-0.3, -0.25) is 9.48 Å². The van der Waals surface area contributed by atoms with Crippen LogP contribution in [0.25, 0.3) is 0 Å². The summed E-state index contributed by atoms with van der Waals surface area (Å²) in [5, 5.41) is 16.2. The van der Waals surface area contributed by atoms with E-state index in [-0.39, 0.29) is 11.6 Å². The third-order valence-electron chi connectivity index (χ3n) is 2.59. The second-order valence-electron chi connectivity index (χ2n) is 4.42. The molecule has 2 aromatic rings. The first-order valence-corrected chi connectivity index (χ1v) is 5.81. The molecule has 1 aromatic carbocycles. The summed E-state index contributed by atoms with van der Waals surface area (Å²) in [7, 11) is 0. The molecule has 6 heteroatoms. The number of benzene rings is 1. The number of phenols is 1. The van der Waals surface area contributed by atoms with Crippen molar-refractivity contribution in [1.82, 2.24) is 9.78 Å². The third kappa shape index (κ3) is 2.90. The minimum atomic E-state index is -0.596. The summed E-state index contributed by atoms with van der Waals surface area (Å²) in [6.45, 7) is 3.93. The van der Waals surface area contributed by atoms with Crippen molar-refractivity contribution < 1.29 is 14.3 Å². The Morgan fingerprint density at radius 3 is 2.79 bits per heavy atom. The first-order valence-electron chi connectivity index (χ1n) is 5.81. The van der Waals surface area contributed by atoms with Crippen LogP contribution in [0, 0.1) is 5.82 Å². The molecule has 0 aliphatic heterocycles. The number of nitrogens with one attached hydrogen (secondary N) is 1. The van der Waals surface area contributed by atoms with Crippen LogP contribution in [0.15, 0.2) is 30.6 Å². The quantitative estimate of drug-likeness (QED) is 0.894. The topological polar surface area (TPSA) is 67.2 Å². The van der Waals surface area contributed by atoms with Crippen molar-refractivity contribution in [3.63, 3.8) is 0 Å². The molecular weight excluding hydrogens is 249 g/mol. The summed E-state index contributed by atoms with van der Waals surface area (Å²) >= 11 is 0. The van der Waals surface area contributed by atoms with E-state index in [0.717, 1.165) is 12.1 Å². The first-order chi connectivity index (χ1) is 8.97. The summed E-state index contributed by atoms with van der Waals surface area (Å²) < 4.78 is 14.5. The molecule has 2 N–H and O–H groups in total. The molecule has 0 saturated heterocycles. The zero-order valence-electron chi connectivity index (χ0n) is 10.6. The Bertz CT molecular complexity index is 608. The Kier molecular flexibility index (Phi) is 3.50. The number of aromatic hydroxyl groups is 1. The molecule has 0 fully saturated rings. The molecule has 0 unspecified atom stereocenters. The van der Waals surface area contributed by atoms with Crippen LogP contribution in [0.5, 0.6) is 5.75 Å². The van der Waals surface area contributed by atoms with Gasteiger partial charge in [-0.25, -0.2) is 4.39 Å². The molecule has 0 atom stereocenters. The highest BCUT2D eigenvalue weighted by molar-refractivity contribution is 6.05. The van der Waals surface area contributed by atoms with E-state index in [9.17, 15) is 14.3 Å². The van der Waals surface area contributed by atoms with Crippen LogP contribution in [0.4, 0.5) is 10.1 Å². The van der Waals surface area contributed by atoms with E-state index < -0.39 is 17.5 Å². The number of nitrogens with zero attached hydrogens (tertiary/aromatic N) is 2. The van der Waals surface area contributed by atoms with E-state index in [1.807, 2.05) is 13.8 Å². The van der Waals surface area contributed by atoms with Crippen molar-refractivity contribution in [1.29, 1.82) is 0 Å². The van der Waals surface area contributed by atoms with Gasteiger partial charge in [-0.1, -0.05) is 0 Å². The van der Waals surface area contributed by atoms with Gasteiger partial charge in [0, 0.05) is 18.3 Å². The lowest BCUT2D eigenvalue weighted by molar-refractivity contribution is 0.102. The van der Waals surface area contributed by atoms with Gasteiger partial charge in [0.1, 0.15) is 11.6 Å². The highest BCUT2D eigenvalue weighted by atomic mass is 19.1. The number of hydrogen-bond donors (Lipinski definition) is 2. The number of anilines is 1. The Balaban J connectivity index is 2.16. The Morgan fingerprint density at radius 1 is 1.47 bits per heavy atom. The van der Waals surface area contributed by atoms with E-state index in [4.69, 9.17) is 0 Å². The van der Waals surface area contributed by atoms with Crippen LogP contribution in [0.3, 0.4) is 0 Å². The number of rotatable bonds is 3. The molecule has 0 radical (unpaired) electrons. The second kappa shape index (κ2) is 5.09. The summed E-state index contributed by atoms with van der Waals surface area (Å²) in [5.74, 6) is -1.50. The molecule has 0 spiro atoms. The summed E-state index contributed by atoms with van der Waals surface area (Å²) in [6.07, 6.45) is 3.20. The van der Waals surface area contributed by atoms with Gasteiger partial charge < -0.3 is 10.4 Å². The van der Waals surface area contributed by atoms with Crippen molar-refractivity contribution in [3.8, 4) is 5.75 Å². The number of amides is 1. The van der Waals surface area contributed by atoms with E-state index in [2.05, 4.69) is 10.4 Å². The highest BCUT2D eigenvalue weighted by Gasteiger charge is 2.13. The van der Waals surface area contributed by atoms with Crippen molar-refractivity contribution >= 4 is 11.6 Å². The van der Waals surface area contributed by atoms with Crippen LogP contribution in [0.1, 0.15) is 30.2 Å². The predicted octanol–water partition coefficient (Wildman–Crippen LogP) is 2.56. The molecule has 0 aliphatic rings. The van der Waals surface area contributed by atoms with Crippen LogP contribution in [-0.4, -0.2) is 20.8 Å². The molecule has 1 aromatic heterocycles. The lowest BCUT2D eigenvalue weighted by Crippen LogP contribution is -2.11. The van der Waals surface area contributed by atoms with Crippen molar-refractivity contribution in [2.24, 2.45) is 0 Å².